The number of benzene rings is 1. The van der Waals surface area contributed by atoms with Gasteiger partial charge in [0.2, 0.25) is 5.91 Å². The summed E-state index contributed by atoms with van der Waals surface area (Å²) in [5, 5.41) is 2.90. The molecule has 92 valence electrons. The van der Waals surface area contributed by atoms with Crippen LogP contribution in [0.25, 0.3) is 6.08 Å². The van der Waals surface area contributed by atoms with Crippen molar-refractivity contribution in [3.63, 3.8) is 0 Å². The van der Waals surface area contributed by atoms with Crippen molar-refractivity contribution in [1.82, 2.24) is 5.32 Å². The zero-order valence-electron chi connectivity index (χ0n) is 10.3. The van der Waals surface area contributed by atoms with Crippen LogP contribution in [0.1, 0.15) is 12.5 Å². The molecular weight excluding hydrogens is 230 g/mol. The molecule has 3 heteroatoms. The zero-order valence-corrected chi connectivity index (χ0v) is 11.2. The highest BCUT2D eigenvalue weighted by Crippen LogP contribution is 2.04. The number of hydrogen-bond acceptors (Lipinski definition) is 2. The van der Waals surface area contributed by atoms with Gasteiger partial charge in [-0.05, 0) is 11.8 Å². The zero-order chi connectivity index (χ0) is 12.5. The first kappa shape index (κ1) is 13.8. The minimum Gasteiger partial charge on any atom is -0.352 e. The molecule has 0 spiro atoms. The van der Waals surface area contributed by atoms with E-state index in [1.165, 1.54) is 0 Å². The fraction of sp³-hybridized carbons (Fsp3) is 0.357. The Bertz CT molecular complexity index is 362. The Balaban J connectivity index is 2.28. The van der Waals surface area contributed by atoms with Crippen LogP contribution in [0.2, 0.25) is 0 Å². The topological polar surface area (TPSA) is 29.1 Å². The van der Waals surface area contributed by atoms with Crippen molar-refractivity contribution in [2.24, 2.45) is 5.92 Å². The van der Waals surface area contributed by atoms with Gasteiger partial charge in [0.05, 0.1) is 0 Å². The lowest BCUT2D eigenvalue weighted by atomic mass is 10.2. The summed E-state index contributed by atoms with van der Waals surface area (Å²) < 4.78 is 0. The van der Waals surface area contributed by atoms with E-state index in [4.69, 9.17) is 0 Å². The van der Waals surface area contributed by atoms with Crippen LogP contribution in [-0.4, -0.2) is 24.5 Å². The quantitative estimate of drug-likeness (QED) is 0.840. The van der Waals surface area contributed by atoms with Gasteiger partial charge in [-0.15, -0.1) is 0 Å². The van der Waals surface area contributed by atoms with Gasteiger partial charge < -0.3 is 5.32 Å². The lowest BCUT2D eigenvalue weighted by molar-refractivity contribution is -0.123. The molecule has 0 saturated carbocycles. The molecule has 0 aromatic heterocycles. The van der Waals surface area contributed by atoms with Crippen LogP contribution in [0, 0.1) is 5.92 Å². The summed E-state index contributed by atoms with van der Waals surface area (Å²) in [6.07, 6.45) is 6.00. The van der Waals surface area contributed by atoms with Crippen molar-refractivity contribution in [2.45, 2.75) is 6.92 Å². The van der Waals surface area contributed by atoms with Gasteiger partial charge in [0, 0.05) is 18.2 Å². The van der Waals surface area contributed by atoms with Gasteiger partial charge in [-0.25, -0.2) is 0 Å². The molecule has 0 radical (unpaired) electrons. The van der Waals surface area contributed by atoms with Crippen LogP contribution in [0.5, 0.6) is 0 Å². The largest absolute Gasteiger partial charge is 0.352 e. The molecule has 1 amide bonds. The van der Waals surface area contributed by atoms with Gasteiger partial charge in [-0.3, -0.25) is 4.79 Å². The number of rotatable bonds is 6. The SMILES string of the molecule is CSC[C@@H](C)C(=O)NC/C=C\c1ccccc1. The molecule has 0 saturated heterocycles. The molecule has 0 unspecified atom stereocenters. The van der Waals surface area contributed by atoms with Gasteiger partial charge >= 0.3 is 0 Å². The second-order valence-corrected chi connectivity index (χ2v) is 4.83. The molecule has 0 fully saturated rings. The summed E-state index contributed by atoms with van der Waals surface area (Å²) in [4.78, 5) is 11.6. The first-order valence-corrected chi connectivity index (χ1v) is 7.11. The van der Waals surface area contributed by atoms with Crippen molar-refractivity contribution in [3.8, 4) is 0 Å². The van der Waals surface area contributed by atoms with Gasteiger partial charge in [0.1, 0.15) is 0 Å². The Kier molecular flexibility index (Phi) is 6.48. The average Bonchev–Trinajstić information content (AvgIpc) is 2.36. The molecule has 2 nitrogen and oxygen atoms in total. The molecule has 0 heterocycles. The third-order valence-electron chi connectivity index (χ3n) is 2.37. The fourth-order valence-electron chi connectivity index (χ4n) is 1.42. The van der Waals surface area contributed by atoms with Crippen molar-refractivity contribution in [3.05, 3.63) is 42.0 Å². The van der Waals surface area contributed by atoms with Gasteiger partial charge in [0.15, 0.2) is 0 Å². The first-order valence-electron chi connectivity index (χ1n) is 5.72. The Morgan fingerprint density at radius 1 is 1.41 bits per heavy atom. The Labute approximate surface area is 107 Å². The normalized spacial score (nSPS) is 12.6. The Morgan fingerprint density at radius 3 is 2.76 bits per heavy atom. The minimum absolute atomic E-state index is 0.0788. The highest BCUT2D eigenvalue weighted by molar-refractivity contribution is 7.98. The number of hydrogen-bond donors (Lipinski definition) is 1. The summed E-state index contributed by atoms with van der Waals surface area (Å²) in [6, 6.07) is 10.1. The van der Waals surface area contributed by atoms with E-state index in [1.54, 1.807) is 11.8 Å². The van der Waals surface area contributed by atoms with Crippen LogP contribution < -0.4 is 5.32 Å². The molecule has 1 aromatic rings. The third kappa shape index (κ3) is 5.59. The van der Waals surface area contributed by atoms with Crippen molar-refractivity contribution in [2.75, 3.05) is 18.6 Å². The first-order chi connectivity index (χ1) is 8.24. The van der Waals surface area contributed by atoms with Gasteiger partial charge in [0.25, 0.3) is 0 Å². The van der Waals surface area contributed by atoms with Crippen molar-refractivity contribution < 1.29 is 4.79 Å². The molecule has 0 bridgehead atoms. The van der Waals surface area contributed by atoms with Gasteiger partial charge in [-0.1, -0.05) is 49.4 Å². The lowest BCUT2D eigenvalue weighted by Crippen LogP contribution is -2.30. The van der Waals surface area contributed by atoms with Crippen molar-refractivity contribution >= 4 is 23.7 Å². The number of carbonyl (C=O) groups is 1. The molecule has 0 aliphatic rings. The number of amides is 1. The molecule has 1 N–H and O–H groups in total. The van der Waals surface area contributed by atoms with Crippen LogP contribution in [0.3, 0.4) is 0 Å². The predicted molar refractivity (Wildman–Crippen MR) is 76.0 cm³/mol. The van der Waals surface area contributed by atoms with E-state index in [1.807, 2.05) is 55.7 Å². The highest BCUT2D eigenvalue weighted by Gasteiger charge is 2.09. The van der Waals surface area contributed by atoms with Crippen LogP contribution in [0.15, 0.2) is 36.4 Å². The Morgan fingerprint density at radius 2 is 2.12 bits per heavy atom. The van der Waals surface area contributed by atoms with Crippen LogP contribution in [-0.2, 0) is 4.79 Å². The third-order valence-corrected chi connectivity index (χ3v) is 3.20. The smallest absolute Gasteiger partial charge is 0.223 e. The van der Waals surface area contributed by atoms with Crippen LogP contribution >= 0.6 is 11.8 Å². The second-order valence-electron chi connectivity index (χ2n) is 3.91. The average molecular weight is 249 g/mol. The highest BCUT2D eigenvalue weighted by atomic mass is 32.2. The monoisotopic (exact) mass is 249 g/mol. The summed E-state index contributed by atoms with van der Waals surface area (Å²) in [5.41, 5.74) is 1.15. The molecule has 0 aliphatic carbocycles. The number of nitrogens with one attached hydrogen (secondary N) is 1. The lowest BCUT2D eigenvalue weighted by Gasteiger charge is -2.08. The summed E-state index contributed by atoms with van der Waals surface area (Å²) in [5.74, 6) is 1.07. The Hall–Kier alpha value is -1.22. The summed E-state index contributed by atoms with van der Waals surface area (Å²) >= 11 is 1.70. The molecular formula is C14H19NOS. The van der Waals surface area contributed by atoms with Crippen LogP contribution in [0.4, 0.5) is 0 Å². The van der Waals surface area contributed by atoms with E-state index < -0.39 is 0 Å². The second kappa shape index (κ2) is 7.96. The standard InChI is InChI=1S/C14H19NOS/c1-12(11-17-2)14(16)15-10-6-9-13-7-4-3-5-8-13/h3-9,12H,10-11H2,1-2H3,(H,15,16)/b9-6-/t12-/m1/s1. The van der Waals surface area contributed by atoms with E-state index in [-0.39, 0.29) is 11.8 Å². The molecule has 1 rings (SSSR count). The summed E-state index contributed by atoms with van der Waals surface area (Å²) in [6.45, 7) is 2.54. The maximum absolute atomic E-state index is 11.6. The van der Waals surface area contributed by atoms with E-state index >= 15 is 0 Å². The molecule has 1 aromatic carbocycles. The van der Waals surface area contributed by atoms with E-state index in [9.17, 15) is 4.79 Å². The molecule has 0 aliphatic heterocycles. The predicted octanol–water partition coefficient (Wildman–Crippen LogP) is 2.82. The van der Waals surface area contributed by atoms with E-state index in [2.05, 4.69) is 5.32 Å². The van der Waals surface area contributed by atoms with E-state index in [0.717, 1.165) is 11.3 Å². The molecule has 17 heavy (non-hydrogen) atoms. The maximum atomic E-state index is 11.6. The number of thioether (sulfide) groups is 1. The van der Waals surface area contributed by atoms with E-state index in [0.29, 0.717) is 6.54 Å². The summed E-state index contributed by atoms with van der Waals surface area (Å²) in [7, 11) is 0. The fourth-order valence-corrected chi connectivity index (χ4v) is 2.07. The van der Waals surface area contributed by atoms with Gasteiger partial charge in [-0.2, -0.15) is 11.8 Å². The maximum Gasteiger partial charge on any atom is 0.223 e. The minimum atomic E-state index is 0.0788. The van der Waals surface area contributed by atoms with Crippen molar-refractivity contribution in [1.29, 1.82) is 0 Å². The number of carbonyl (C=O) groups excluding carboxylic acids is 1. The molecule has 1 atom stereocenters.